The van der Waals surface area contributed by atoms with Gasteiger partial charge in [-0.2, -0.15) is 0 Å². The summed E-state index contributed by atoms with van der Waals surface area (Å²) in [6.07, 6.45) is 0. The van der Waals surface area contributed by atoms with Gasteiger partial charge in [0, 0.05) is 6.54 Å². The minimum Gasteiger partial charge on any atom is -0.496 e. The summed E-state index contributed by atoms with van der Waals surface area (Å²) in [4.78, 5) is 12.8. The zero-order chi connectivity index (χ0) is 21.4. The first-order valence-corrected chi connectivity index (χ1v) is 10.6. The second-order valence-electron chi connectivity index (χ2n) is 6.68. The Bertz CT molecular complexity index is 1450. The molecule has 10 heteroatoms. The van der Waals surface area contributed by atoms with Crippen LogP contribution in [0.3, 0.4) is 0 Å². The maximum atomic E-state index is 12.8. The summed E-state index contributed by atoms with van der Waals surface area (Å²) >= 11 is 1.36. The van der Waals surface area contributed by atoms with Gasteiger partial charge in [-0.1, -0.05) is 36.0 Å². The summed E-state index contributed by atoms with van der Waals surface area (Å²) in [5.41, 5.74) is 1.43. The van der Waals surface area contributed by atoms with Crippen molar-refractivity contribution in [2.75, 3.05) is 7.11 Å². The summed E-state index contributed by atoms with van der Waals surface area (Å²) in [5, 5.41) is 17.9. The molecule has 9 nitrogen and oxygen atoms in total. The van der Waals surface area contributed by atoms with Crippen molar-refractivity contribution in [3.63, 3.8) is 0 Å². The molecule has 5 rings (SSSR count). The number of para-hydroxylation sites is 2. The van der Waals surface area contributed by atoms with Crippen molar-refractivity contribution in [1.82, 2.24) is 29.4 Å². The van der Waals surface area contributed by atoms with E-state index in [-0.39, 0.29) is 5.56 Å². The molecular formula is C21H18N6O3S. The van der Waals surface area contributed by atoms with Crippen molar-refractivity contribution < 1.29 is 9.15 Å². The van der Waals surface area contributed by atoms with Crippen LogP contribution in [0, 0.1) is 0 Å². The van der Waals surface area contributed by atoms with Gasteiger partial charge in [-0.25, -0.2) is 0 Å². The van der Waals surface area contributed by atoms with E-state index in [1.165, 1.54) is 11.8 Å². The fraction of sp³-hybridized carbons (Fsp3) is 0.190. The Balaban J connectivity index is 1.50. The molecule has 31 heavy (non-hydrogen) atoms. The lowest BCUT2D eigenvalue weighted by Crippen LogP contribution is -2.22. The quantitative estimate of drug-likeness (QED) is 0.375. The zero-order valence-electron chi connectivity index (χ0n) is 16.8. The Hall–Kier alpha value is -3.66. The largest absolute Gasteiger partial charge is 0.496 e. The lowest BCUT2D eigenvalue weighted by atomic mass is 10.2. The number of ether oxygens (including phenoxy) is 1. The average molecular weight is 434 g/mol. The molecule has 156 valence electrons. The number of rotatable bonds is 6. The van der Waals surface area contributed by atoms with Crippen molar-refractivity contribution in [2.24, 2.45) is 0 Å². The number of nitrogens with zero attached hydrogens (tertiary/aromatic N) is 6. The first-order valence-electron chi connectivity index (χ1n) is 9.66. The second kappa shape index (κ2) is 7.88. The number of hydrogen-bond donors (Lipinski definition) is 0. The monoisotopic (exact) mass is 434 g/mol. The third kappa shape index (κ3) is 3.25. The van der Waals surface area contributed by atoms with E-state index in [4.69, 9.17) is 9.15 Å². The Kier molecular flexibility index (Phi) is 4.91. The molecule has 0 N–H and O–H groups in total. The van der Waals surface area contributed by atoms with Crippen LogP contribution < -0.4 is 10.3 Å². The van der Waals surface area contributed by atoms with Crippen LogP contribution in [0.25, 0.3) is 28.1 Å². The molecule has 3 aromatic heterocycles. The Labute approximate surface area is 180 Å². The number of fused-ring (bicyclic) bond motifs is 3. The molecule has 2 aromatic carbocycles. The molecule has 0 amide bonds. The molecule has 0 aliphatic carbocycles. The molecule has 0 saturated carbocycles. The molecular weight excluding hydrogens is 416 g/mol. The molecule has 0 radical (unpaired) electrons. The highest BCUT2D eigenvalue weighted by molar-refractivity contribution is 7.98. The molecule has 5 aromatic rings. The van der Waals surface area contributed by atoms with E-state index in [9.17, 15) is 4.79 Å². The number of benzene rings is 2. The second-order valence-corrected chi connectivity index (χ2v) is 7.61. The summed E-state index contributed by atoms with van der Waals surface area (Å²) in [7, 11) is 1.60. The van der Waals surface area contributed by atoms with E-state index in [1.54, 1.807) is 11.7 Å². The van der Waals surface area contributed by atoms with Gasteiger partial charge in [0.2, 0.25) is 5.78 Å². The summed E-state index contributed by atoms with van der Waals surface area (Å²) < 4.78 is 14.7. The Morgan fingerprint density at radius 2 is 1.84 bits per heavy atom. The maximum Gasteiger partial charge on any atom is 0.277 e. The van der Waals surface area contributed by atoms with Crippen LogP contribution in [0.15, 0.2) is 63.0 Å². The van der Waals surface area contributed by atoms with E-state index in [0.29, 0.717) is 46.1 Å². The molecule has 0 fully saturated rings. The van der Waals surface area contributed by atoms with Crippen LogP contribution in [0.4, 0.5) is 0 Å². The van der Waals surface area contributed by atoms with E-state index in [1.807, 2.05) is 59.9 Å². The van der Waals surface area contributed by atoms with E-state index in [2.05, 4.69) is 20.4 Å². The predicted octanol–water partition coefficient (Wildman–Crippen LogP) is 3.42. The van der Waals surface area contributed by atoms with Gasteiger partial charge in [0.15, 0.2) is 0 Å². The SMILES string of the molecule is CCn1c(=O)c2ccccc2n2c(CSc3nnc(-c4ccccc4OC)o3)nnc12. The van der Waals surface area contributed by atoms with Gasteiger partial charge in [-0.05, 0) is 31.2 Å². The van der Waals surface area contributed by atoms with Gasteiger partial charge in [0.25, 0.3) is 16.7 Å². The van der Waals surface area contributed by atoms with Crippen molar-refractivity contribution >= 4 is 28.4 Å². The third-order valence-corrected chi connectivity index (χ3v) is 5.77. The number of methoxy groups -OCH3 is 1. The van der Waals surface area contributed by atoms with Crippen LogP contribution in [0.2, 0.25) is 0 Å². The third-order valence-electron chi connectivity index (χ3n) is 4.96. The van der Waals surface area contributed by atoms with Crippen LogP contribution in [0.1, 0.15) is 12.7 Å². The topological polar surface area (TPSA) is 100 Å². The van der Waals surface area contributed by atoms with Gasteiger partial charge in [0.05, 0.1) is 29.3 Å². The van der Waals surface area contributed by atoms with Crippen molar-refractivity contribution in [1.29, 1.82) is 0 Å². The molecule has 0 atom stereocenters. The molecule has 0 spiro atoms. The molecule has 3 heterocycles. The van der Waals surface area contributed by atoms with Crippen LogP contribution >= 0.6 is 11.8 Å². The van der Waals surface area contributed by atoms with Gasteiger partial charge < -0.3 is 9.15 Å². The average Bonchev–Trinajstić information content (AvgIpc) is 3.45. The lowest BCUT2D eigenvalue weighted by molar-refractivity contribution is 0.411. The van der Waals surface area contributed by atoms with Crippen molar-refractivity contribution in [2.45, 2.75) is 24.4 Å². The van der Waals surface area contributed by atoms with E-state index >= 15 is 0 Å². The smallest absolute Gasteiger partial charge is 0.277 e. The Morgan fingerprint density at radius 3 is 2.68 bits per heavy atom. The molecule has 0 aliphatic heterocycles. The minimum absolute atomic E-state index is 0.0736. The minimum atomic E-state index is -0.0736. The van der Waals surface area contributed by atoms with Crippen molar-refractivity contribution in [3.05, 3.63) is 64.7 Å². The van der Waals surface area contributed by atoms with E-state index in [0.717, 1.165) is 11.1 Å². The summed E-state index contributed by atoms with van der Waals surface area (Å²) in [6.45, 7) is 2.42. The number of hydrogen-bond acceptors (Lipinski definition) is 8. The predicted molar refractivity (Wildman–Crippen MR) is 116 cm³/mol. The highest BCUT2D eigenvalue weighted by atomic mass is 32.2. The fourth-order valence-electron chi connectivity index (χ4n) is 3.52. The fourth-order valence-corrected chi connectivity index (χ4v) is 4.19. The lowest BCUT2D eigenvalue weighted by Gasteiger charge is -2.09. The maximum absolute atomic E-state index is 12.8. The van der Waals surface area contributed by atoms with Gasteiger partial charge >= 0.3 is 0 Å². The molecule has 0 unspecified atom stereocenters. The number of aryl methyl sites for hydroxylation is 1. The first-order chi connectivity index (χ1) is 15.2. The van der Waals surface area contributed by atoms with Crippen LogP contribution in [-0.2, 0) is 12.3 Å². The van der Waals surface area contributed by atoms with Crippen molar-refractivity contribution in [3.8, 4) is 17.2 Å². The molecule has 0 aliphatic rings. The molecule has 0 bridgehead atoms. The highest BCUT2D eigenvalue weighted by Crippen LogP contribution is 2.31. The summed E-state index contributed by atoms with van der Waals surface area (Å²) in [5.74, 6) is 2.70. The van der Waals surface area contributed by atoms with Gasteiger partial charge in [-0.15, -0.1) is 20.4 Å². The highest BCUT2D eigenvalue weighted by Gasteiger charge is 2.18. The number of aromatic nitrogens is 6. The Morgan fingerprint density at radius 1 is 1.03 bits per heavy atom. The van der Waals surface area contributed by atoms with Crippen LogP contribution in [-0.4, -0.2) is 36.5 Å². The van der Waals surface area contributed by atoms with Crippen LogP contribution in [0.5, 0.6) is 5.75 Å². The first kappa shape index (κ1) is 19.3. The van der Waals surface area contributed by atoms with E-state index < -0.39 is 0 Å². The van der Waals surface area contributed by atoms with Gasteiger partial charge in [-0.3, -0.25) is 13.8 Å². The van der Waals surface area contributed by atoms with Gasteiger partial charge in [0.1, 0.15) is 11.6 Å². The number of thioether (sulfide) groups is 1. The summed E-state index contributed by atoms with van der Waals surface area (Å²) in [6, 6.07) is 14.9. The standard InChI is InChI=1S/C21H18N6O3S/c1-3-26-19(28)13-8-4-6-10-15(13)27-17(22-24-20(26)27)12-31-21-25-23-18(30-21)14-9-5-7-11-16(14)29-2/h4-11H,3,12H2,1-2H3. The zero-order valence-corrected chi connectivity index (χ0v) is 17.7. The normalized spacial score (nSPS) is 11.4. The molecule has 0 saturated heterocycles.